The van der Waals surface area contributed by atoms with Gasteiger partial charge in [0, 0.05) is 19.3 Å². The lowest BCUT2D eigenvalue weighted by Gasteiger charge is -2.37. The summed E-state index contributed by atoms with van der Waals surface area (Å²) in [4.78, 5) is 21.6. The third-order valence-electron chi connectivity index (χ3n) is 5.12. The van der Waals surface area contributed by atoms with E-state index in [1.807, 2.05) is 11.9 Å². The zero-order chi connectivity index (χ0) is 16.6. The number of hydrogen-bond donors (Lipinski definition) is 0. The second-order valence-corrected chi connectivity index (χ2v) is 6.40. The minimum Gasteiger partial charge on any atom is -0.273 e. The first kappa shape index (κ1) is 16.2. The lowest BCUT2D eigenvalue weighted by Crippen LogP contribution is -2.50. The van der Waals surface area contributed by atoms with Gasteiger partial charge in [-0.1, -0.05) is 6.92 Å². The molecule has 23 heavy (non-hydrogen) atoms. The average Bonchev–Trinajstić information content (AvgIpc) is 2.89. The van der Waals surface area contributed by atoms with Crippen molar-refractivity contribution >= 4 is 5.91 Å². The molecule has 2 atom stereocenters. The first-order valence-electron chi connectivity index (χ1n) is 8.15. The molecule has 3 heterocycles. The van der Waals surface area contributed by atoms with Crippen molar-refractivity contribution in [1.29, 1.82) is 0 Å². The number of halogens is 2. The molecule has 0 saturated carbocycles. The predicted molar refractivity (Wildman–Crippen MR) is 80.5 cm³/mol. The molecule has 0 bridgehead atoms. The van der Waals surface area contributed by atoms with Crippen molar-refractivity contribution in [2.45, 2.75) is 52.0 Å². The summed E-state index contributed by atoms with van der Waals surface area (Å²) in [7, 11) is 0. The molecular formula is C16H22F2N4O. The van der Waals surface area contributed by atoms with Crippen molar-refractivity contribution in [3.8, 4) is 0 Å². The third-order valence-corrected chi connectivity index (χ3v) is 5.12. The average molecular weight is 324 g/mol. The van der Waals surface area contributed by atoms with Crippen molar-refractivity contribution < 1.29 is 13.6 Å². The largest absolute Gasteiger partial charge is 0.273 e. The molecule has 0 radical (unpaired) electrons. The lowest BCUT2D eigenvalue weighted by molar-refractivity contribution is -0.166. The Kier molecular flexibility index (Phi) is 4.31. The summed E-state index contributed by atoms with van der Waals surface area (Å²) in [6, 6.07) is -0.293. The molecular weight excluding hydrogens is 302 g/mol. The second-order valence-electron chi connectivity index (χ2n) is 6.40. The van der Waals surface area contributed by atoms with Crippen LogP contribution in [-0.4, -0.2) is 45.4 Å². The topological polar surface area (TPSA) is 49.3 Å². The fourth-order valence-electron chi connectivity index (χ4n) is 3.63. The maximum Gasteiger partial charge on any atom is 0.252 e. The number of carbonyl (C=O) groups is 1. The van der Waals surface area contributed by atoms with E-state index in [4.69, 9.17) is 0 Å². The van der Waals surface area contributed by atoms with Crippen molar-refractivity contribution in [3.05, 3.63) is 23.8 Å². The van der Waals surface area contributed by atoms with E-state index < -0.39 is 17.7 Å². The molecule has 2 aliphatic heterocycles. The van der Waals surface area contributed by atoms with Crippen LogP contribution in [0.2, 0.25) is 0 Å². The predicted octanol–water partition coefficient (Wildman–Crippen LogP) is 2.73. The lowest BCUT2D eigenvalue weighted by atomic mass is 9.79. The molecule has 2 aliphatic rings. The molecule has 2 saturated heterocycles. The van der Waals surface area contributed by atoms with Gasteiger partial charge in [-0.3, -0.25) is 19.8 Å². The third kappa shape index (κ3) is 2.60. The standard InChI is InChI=1S/C16H22F2N4O/c1-3-16(14(17)18)6-4-7-21-8-5-13(22(21)15(16)23)12-10-19-11(2)9-20-12/h9-10,13-14H,3-8H2,1-2H3/t13-,16-/m1/s1. The van der Waals surface area contributed by atoms with Crippen molar-refractivity contribution in [2.24, 2.45) is 5.41 Å². The summed E-state index contributed by atoms with van der Waals surface area (Å²) in [6.07, 6.45) is 2.35. The number of aromatic nitrogens is 2. The van der Waals surface area contributed by atoms with Crippen LogP contribution in [0.3, 0.4) is 0 Å². The van der Waals surface area contributed by atoms with E-state index in [2.05, 4.69) is 9.97 Å². The van der Waals surface area contributed by atoms with Crippen LogP contribution < -0.4 is 0 Å². The minimum atomic E-state index is -2.65. The number of aryl methyl sites for hydroxylation is 1. The van der Waals surface area contributed by atoms with Crippen LogP contribution in [-0.2, 0) is 4.79 Å². The van der Waals surface area contributed by atoms with Crippen LogP contribution in [0.1, 0.15) is 50.0 Å². The number of amides is 1. The second kappa shape index (κ2) is 6.11. The Hall–Kier alpha value is -1.63. The molecule has 7 heteroatoms. The molecule has 0 unspecified atom stereocenters. The number of fused-ring (bicyclic) bond motifs is 1. The van der Waals surface area contributed by atoms with Crippen LogP contribution in [0.25, 0.3) is 0 Å². The number of hydrazine groups is 1. The Bertz CT molecular complexity index is 580. The normalized spacial score (nSPS) is 29.0. The summed E-state index contributed by atoms with van der Waals surface area (Å²) in [5.74, 6) is -0.461. The van der Waals surface area contributed by atoms with E-state index >= 15 is 0 Å². The summed E-state index contributed by atoms with van der Waals surface area (Å²) in [6.45, 7) is 4.84. The highest BCUT2D eigenvalue weighted by atomic mass is 19.3. The summed E-state index contributed by atoms with van der Waals surface area (Å²) in [5, 5.41) is 3.45. The highest BCUT2D eigenvalue weighted by molar-refractivity contribution is 5.83. The molecule has 0 spiro atoms. The van der Waals surface area contributed by atoms with Gasteiger partial charge in [-0.15, -0.1) is 0 Å². The first-order chi connectivity index (χ1) is 11.0. The number of carbonyl (C=O) groups excluding carboxylic acids is 1. The first-order valence-corrected chi connectivity index (χ1v) is 8.15. The van der Waals surface area contributed by atoms with Gasteiger partial charge in [-0.05, 0) is 32.6 Å². The fourth-order valence-corrected chi connectivity index (χ4v) is 3.63. The van der Waals surface area contributed by atoms with Gasteiger partial charge in [0.25, 0.3) is 6.43 Å². The Morgan fingerprint density at radius 2 is 2.13 bits per heavy atom. The molecule has 2 fully saturated rings. The Labute approximate surface area is 134 Å². The molecule has 126 valence electrons. The maximum absolute atomic E-state index is 13.8. The van der Waals surface area contributed by atoms with Gasteiger partial charge in [0.1, 0.15) is 5.41 Å². The number of alkyl halides is 2. The smallest absolute Gasteiger partial charge is 0.252 e. The fraction of sp³-hybridized carbons (Fsp3) is 0.688. The molecule has 5 nitrogen and oxygen atoms in total. The van der Waals surface area contributed by atoms with Crippen molar-refractivity contribution in [1.82, 2.24) is 20.0 Å². The van der Waals surface area contributed by atoms with E-state index in [-0.39, 0.29) is 18.9 Å². The molecule has 0 aliphatic carbocycles. The van der Waals surface area contributed by atoms with Crippen LogP contribution >= 0.6 is 0 Å². The Morgan fingerprint density at radius 1 is 1.35 bits per heavy atom. The van der Waals surface area contributed by atoms with E-state index in [1.165, 1.54) is 0 Å². The molecule has 0 aromatic carbocycles. The number of hydrogen-bond acceptors (Lipinski definition) is 4. The Morgan fingerprint density at radius 3 is 2.74 bits per heavy atom. The monoisotopic (exact) mass is 324 g/mol. The van der Waals surface area contributed by atoms with Gasteiger partial charge in [0.2, 0.25) is 5.91 Å². The van der Waals surface area contributed by atoms with E-state index in [0.717, 1.165) is 5.69 Å². The quantitative estimate of drug-likeness (QED) is 0.858. The van der Waals surface area contributed by atoms with E-state index in [1.54, 1.807) is 24.3 Å². The number of rotatable bonds is 3. The zero-order valence-corrected chi connectivity index (χ0v) is 13.5. The molecule has 1 aromatic heterocycles. The van der Waals surface area contributed by atoms with Gasteiger partial charge in [-0.25, -0.2) is 13.8 Å². The summed E-state index contributed by atoms with van der Waals surface area (Å²) < 4.78 is 27.5. The van der Waals surface area contributed by atoms with Crippen LogP contribution in [0.4, 0.5) is 8.78 Å². The Balaban J connectivity index is 1.97. The van der Waals surface area contributed by atoms with Gasteiger partial charge in [0.15, 0.2) is 0 Å². The van der Waals surface area contributed by atoms with Crippen molar-refractivity contribution in [2.75, 3.05) is 13.1 Å². The van der Waals surface area contributed by atoms with Gasteiger partial charge < -0.3 is 0 Å². The van der Waals surface area contributed by atoms with Crippen LogP contribution in [0.15, 0.2) is 12.4 Å². The molecule has 3 rings (SSSR count). The minimum absolute atomic E-state index is 0.153. The zero-order valence-electron chi connectivity index (χ0n) is 13.5. The summed E-state index contributed by atoms with van der Waals surface area (Å²) in [5.41, 5.74) is -0.107. The highest BCUT2D eigenvalue weighted by Gasteiger charge is 2.53. The van der Waals surface area contributed by atoms with Gasteiger partial charge in [-0.2, -0.15) is 0 Å². The number of nitrogens with zero attached hydrogens (tertiary/aromatic N) is 4. The van der Waals surface area contributed by atoms with E-state index in [0.29, 0.717) is 31.6 Å². The van der Waals surface area contributed by atoms with E-state index in [9.17, 15) is 13.6 Å². The molecule has 1 amide bonds. The van der Waals surface area contributed by atoms with Gasteiger partial charge in [0.05, 0.1) is 23.6 Å². The van der Waals surface area contributed by atoms with Crippen LogP contribution in [0.5, 0.6) is 0 Å². The molecule has 1 aromatic rings. The molecule has 0 N–H and O–H groups in total. The SMILES string of the molecule is CC[C@]1(C(F)F)CCCN2CC[C@H](c3cnc(C)cn3)N2C1=O. The summed E-state index contributed by atoms with van der Waals surface area (Å²) >= 11 is 0. The highest BCUT2D eigenvalue weighted by Crippen LogP contribution is 2.44. The van der Waals surface area contributed by atoms with Gasteiger partial charge >= 0.3 is 0 Å². The maximum atomic E-state index is 13.8. The van der Waals surface area contributed by atoms with Crippen LogP contribution in [0, 0.1) is 12.3 Å². The van der Waals surface area contributed by atoms with Crippen molar-refractivity contribution in [3.63, 3.8) is 0 Å².